The highest BCUT2D eigenvalue weighted by atomic mass is 16.5. The molecule has 0 amide bonds. The van der Waals surface area contributed by atoms with Crippen LogP contribution in [0.2, 0.25) is 0 Å². The van der Waals surface area contributed by atoms with Gasteiger partial charge >= 0.3 is 0 Å². The van der Waals surface area contributed by atoms with Crippen molar-refractivity contribution in [2.24, 2.45) is 0 Å². The first kappa shape index (κ1) is 8.11. The minimum Gasteiger partial charge on any atom is -0.384 e. The van der Waals surface area contributed by atoms with Crippen LogP contribution in [0.3, 0.4) is 0 Å². The van der Waals surface area contributed by atoms with Crippen LogP contribution in [0.5, 0.6) is 0 Å². The van der Waals surface area contributed by atoms with Crippen LogP contribution in [0.25, 0.3) is 0 Å². The first-order valence-corrected chi connectivity index (χ1v) is 3.99. The largest absolute Gasteiger partial charge is 0.384 e. The van der Waals surface area contributed by atoms with Gasteiger partial charge in [0, 0.05) is 6.07 Å². The van der Waals surface area contributed by atoms with Gasteiger partial charge in [-0.3, -0.25) is 4.79 Å². The normalized spacial score (nSPS) is 10.3. The second kappa shape index (κ2) is 4.01. The van der Waals surface area contributed by atoms with Crippen molar-refractivity contribution in [3.63, 3.8) is 0 Å². The molecule has 0 bridgehead atoms. The van der Waals surface area contributed by atoms with Gasteiger partial charge in [-0.2, -0.15) is 4.74 Å². The molecular formula is C8H13NO2. The molecule has 1 rings (SSSR count). The van der Waals surface area contributed by atoms with Gasteiger partial charge in [0.05, 0.1) is 6.54 Å². The third kappa shape index (κ3) is 2.26. The van der Waals surface area contributed by atoms with Gasteiger partial charge in [-0.15, -0.1) is 0 Å². The molecule has 0 saturated heterocycles. The molecule has 1 aromatic heterocycles. The quantitative estimate of drug-likeness (QED) is 0.619. The molecule has 0 N–H and O–H groups in total. The Kier molecular flexibility index (Phi) is 2.95. The first-order chi connectivity index (χ1) is 5.34. The van der Waals surface area contributed by atoms with Gasteiger partial charge in [0.2, 0.25) is 0 Å². The second-order valence-electron chi connectivity index (χ2n) is 2.56. The van der Waals surface area contributed by atoms with Crippen LogP contribution in [0, 0.1) is 0 Å². The van der Waals surface area contributed by atoms with Crippen LogP contribution in [0.1, 0.15) is 26.2 Å². The zero-order valence-corrected chi connectivity index (χ0v) is 6.75. The summed E-state index contributed by atoms with van der Waals surface area (Å²) in [5.41, 5.74) is -0.0406. The average molecular weight is 155 g/mol. The Balaban J connectivity index is 2.39. The van der Waals surface area contributed by atoms with Crippen LogP contribution in [0.4, 0.5) is 0 Å². The molecule has 0 radical (unpaired) electrons. The maximum absolute atomic E-state index is 10.9. The predicted octanol–water partition coefficient (Wildman–Crippen LogP) is 1.63. The number of aryl methyl sites for hydroxylation is 1. The summed E-state index contributed by atoms with van der Waals surface area (Å²) in [6, 6.07) is 1.44. The van der Waals surface area contributed by atoms with Gasteiger partial charge < -0.3 is 4.52 Å². The molecule has 0 saturated carbocycles. The SMILES string of the molecule is CCCCCn1occc1=O. The third-order valence-electron chi connectivity index (χ3n) is 1.61. The molecule has 0 aromatic carbocycles. The van der Waals surface area contributed by atoms with Gasteiger partial charge in [-0.1, -0.05) is 19.8 Å². The number of hydrogen-bond acceptors (Lipinski definition) is 2. The van der Waals surface area contributed by atoms with Gasteiger partial charge in [0.25, 0.3) is 5.56 Å². The summed E-state index contributed by atoms with van der Waals surface area (Å²) in [7, 11) is 0. The van der Waals surface area contributed by atoms with Crippen molar-refractivity contribution in [1.82, 2.24) is 4.74 Å². The van der Waals surface area contributed by atoms with E-state index in [9.17, 15) is 4.79 Å². The Morgan fingerprint density at radius 2 is 2.36 bits per heavy atom. The number of nitrogens with zero attached hydrogens (tertiary/aromatic N) is 1. The lowest BCUT2D eigenvalue weighted by Crippen LogP contribution is -2.12. The lowest BCUT2D eigenvalue weighted by Gasteiger charge is -1.96. The number of unbranched alkanes of at least 4 members (excludes halogenated alkanes) is 2. The fourth-order valence-electron chi connectivity index (χ4n) is 0.965. The molecule has 0 aliphatic rings. The Hall–Kier alpha value is -0.990. The fourth-order valence-corrected chi connectivity index (χ4v) is 0.965. The summed E-state index contributed by atoms with van der Waals surface area (Å²) in [5, 5.41) is 0. The van der Waals surface area contributed by atoms with E-state index < -0.39 is 0 Å². The van der Waals surface area contributed by atoms with Gasteiger partial charge in [0.15, 0.2) is 0 Å². The minimum absolute atomic E-state index is 0.0406. The average Bonchev–Trinajstić information content (AvgIpc) is 2.37. The highest BCUT2D eigenvalue weighted by molar-refractivity contribution is 4.75. The van der Waals surface area contributed by atoms with Crippen LogP contribution in [-0.4, -0.2) is 4.74 Å². The molecule has 3 heteroatoms. The number of aromatic nitrogens is 1. The first-order valence-electron chi connectivity index (χ1n) is 3.99. The van der Waals surface area contributed by atoms with Crippen molar-refractivity contribution in [3.05, 3.63) is 22.7 Å². The summed E-state index contributed by atoms with van der Waals surface area (Å²) in [4.78, 5) is 10.9. The van der Waals surface area contributed by atoms with Crippen LogP contribution >= 0.6 is 0 Å². The molecule has 0 fully saturated rings. The maximum Gasteiger partial charge on any atom is 0.282 e. The summed E-state index contributed by atoms with van der Waals surface area (Å²) in [5.74, 6) is 0. The van der Waals surface area contributed by atoms with Gasteiger partial charge in [-0.05, 0) is 6.42 Å². The molecular weight excluding hydrogens is 142 g/mol. The van der Waals surface area contributed by atoms with E-state index >= 15 is 0 Å². The maximum atomic E-state index is 10.9. The van der Waals surface area contributed by atoms with Gasteiger partial charge in [0.1, 0.15) is 6.26 Å². The Morgan fingerprint density at radius 1 is 1.55 bits per heavy atom. The molecule has 0 aliphatic heterocycles. The van der Waals surface area contributed by atoms with E-state index in [1.165, 1.54) is 17.1 Å². The second-order valence-corrected chi connectivity index (χ2v) is 2.56. The summed E-state index contributed by atoms with van der Waals surface area (Å²) in [6.07, 6.45) is 4.75. The zero-order chi connectivity index (χ0) is 8.10. The van der Waals surface area contributed by atoms with Crippen LogP contribution in [0.15, 0.2) is 21.6 Å². The highest BCUT2D eigenvalue weighted by Crippen LogP contribution is 1.95. The van der Waals surface area contributed by atoms with E-state index in [1.54, 1.807) is 0 Å². The van der Waals surface area contributed by atoms with Crippen molar-refractivity contribution < 1.29 is 4.52 Å². The fraction of sp³-hybridized carbons (Fsp3) is 0.625. The number of hydrogen-bond donors (Lipinski definition) is 0. The molecule has 0 spiro atoms. The third-order valence-corrected chi connectivity index (χ3v) is 1.61. The number of rotatable bonds is 4. The molecule has 1 heterocycles. The Morgan fingerprint density at radius 3 is 2.91 bits per heavy atom. The van der Waals surface area contributed by atoms with Crippen LogP contribution < -0.4 is 5.56 Å². The lowest BCUT2D eigenvalue weighted by molar-refractivity contribution is 0.254. The molecule has 3 nitrogen and oxygen atoms in total. The van der Waals surface area contributed by atoms with E-state index in [0.717, 1.165) is 19.3 Å². The van der Waals surface area contributed by atoms with Crippen molar-refractivity contribution in [2.75, 3.05) is 0 Å². The molecule has 1 aromatic rings. The molecule has 0 atom stereocenters. The topological polar surface area (TPSA) is 35.1 Å². The summed E-state index contributed by atoms with van der Waals surface area (Å²) < 4.78 is 6.30. The summed E-state index contributed by atoms with van der Waals surface area (Å²) >= 11 is 0. The molecule has 0 aliphatic carbocycles. The van der Waals surface area contributed by atoms with Crippen molar-refractivity contribution in [1.29, 1.82) is 0 Å². The van der Waals surface area contributed by atoms with E-state index in [-0.39, 0.29) is 5.56 Å². The van der Waals surface area contributed by atoms with Gasteiger partial charge in [-0.25, -0.2) is 0 Å². The monoisotopic (exact) mass is 155 g/mol. The molecule has 0 unspecified atom stereocenters. The van der Waals surface area contributed by atoms with E-state index in [2.05, 4.69) is 6.92 Å². The summed E-state index contributed by atoms with van der Waals surface area (Å²) in [6.45, 7) is 2.84. The Bertz CT molecular complexity index is 249. The smallest absolute Gasteiger partial charge is 0.282 e. The van der Waals surface area contributed by atoms with Crippen molar-refractivity contribution in [2.45, 2.75) is 32.7 Å². The lowest BCUT2D eigenvalue weighted by atomic mass is 10.2. The zero-order valence-electron chi connectivity index (χ0n) is 6.75. The van der Waals surface area contributed by atoms with E-state index in [1.807, 2.05) is 0 Å². The predicted molar refractivity (Wildman–Crippen MR) is 42.5 cm³/mol. The molecule has 11 heavy (non-hydrogen) atoms. The van der Waals surface area contributed by atoms with E-state index in [0.29, 0.717) is 6.54 Å². The minimum atomic E-state index is -0.0406. The van der Waals surface area contributed by atoms with Crippen molar-refractivity contribution >= 4 is 0 Å². The van der Waals surface area contributed by atoms with E-state index in [4.69, 9.17) is 4.52 Å². The van der Waals surface area contributed by atoms with Crippen LogP contribution in [-0.2, 0) is 6.54 Å². The highest BCUT2D eigenvalue weighted by Gasteiger charge is 1.95. The van der Waals surface area contributed by atoms with Crippen molar-refractivity contribution in [3.8, 4) is 0 Å². The standard InChI is InChI=1S/C8H13NO2/c1-2-3-4-6-9-8(10)5-7-11-9/h5,7H,2-4,6H2,1H3. The molecule has 62 valence electrons. The Labute approximate surface area is 65.6 Å².